The Morgan fingerprint density at radius 2 is 1.96 bits per heavy atom. The van der Waals surface area contributed by atoms with Gasteiger partial charge in [-0.05, 0) is 55.7 Å². The van der Waals surface area contributed by atoms with Crippen LogP contribution in [0.15, 0.2) is 24.3 Å². The van der Waals surface area contributed by atoms with Crippen molar-refractivity contribution in [3.8, 4) is 11.4 Å². The highest BCUT2D eigenvalue weighted by atomic mass is 32.1. The van der Waals surface area contributed by atoms with E-state index in [4.69, 9.17) is 26.8 Å². The van der Waals surface area contributed by atoms with Gasteiger partial charge in [0.15, 0.2) is 10.6 Å². The fraction of sp³-hybridized carbons (Fsp3) is 0.600. The highest BCUT2D eigenvalue weighted by Crippen LogP contribution is 2.23. The van der Waals surface area contributed by atoms with Crippen molar-refractivity contribution in [2.75, 3.05) is 26.3 Å². The van der Waals surface area contributed by atoms with Crippen molar-refractivity contribution >= 4 is 12.2 Å². The fourth-order valence-corrected chi connectivity index (χ4v) is 4.11. The van der Waals surface area contributed by atoms with Crippen LogP contribution in [-0.2, 0) is 22.7 Å². The molecule has 1 aromatic heterocycles. The zero-order valence-electron chi connectivity index (χ0n) is 16.2. The van der Waals surface area contributed by atoms with Crippen molar-refractivity contribution in [1.29, 1.82) is 0 Å². The summed E-state index contributed by atoms with van der Waals surface area (Å²) in [4.78, 5) is 2.32. The van der Waals surface area contributed by atoms with Crippen LogP contribution in [-0.4, -0.2) is 57.8 Å². The molecule has 0 aliphatic carbocycles. The molecule has 8 heteroatoms. The summed E-state index contributed by atoms with van der Waals surface area (Å²) in [5.74, 6) is 0.507. The average molecular weight is 407 g/mol. The Balaban J connectivity index is 1.63. The van der Waals surface area contributed by atoms with Crippen LogP contribution >= 0.6 is 12.2 Å². The molecule has 6 nitrogen and oxygen atoms in total. The second-order valence-electron chi connectivity index (χ2n) is 7.48. The minimum atomic E-state index is -0.258. The van der Waals surface area contributed by atoms with Crippen LogP contribution in [0.4, 0.5) is 4.39 Å². The van der Waals surface area contributed by atoms with Gasteiger partial charge in [-0.1, -0.05) is 6.92 Å². The number of nitrogens with zero attached hydrogens (tertiary/aromatic N) is 4. The van der Waals surface area contributed by atoms with E-state index >= 15 is 0 Å². The summed E-state index contributed by atoms with van der Waals surface area (Å²) >= 11 is 5.78. The van der Waals surface area contributed by atoms with Gasteiger partial charge in [0, 0.05) is 25.3 Å². The molecule has 2 aliphatic rings. The molecule has 2 aromatic rings. The fourth-order valence-electron chi connectivity index (χ4n) is 3.85. The standard InChI is InChI=1S/C20H27FN4O2S/c1-2-17-12-23(9-11-27-17)14-25-20(28)24(13-18-4-3-10-26-18)19(22-25)15-5-7-16(21)8-6-15/h5-8,17-18H,2-4,9-14H2,1H3/t17-,18+/m1/s1. The molecule has 0 radical (unpaired) electrons. The molecule has 4 rings (SSSR count). The van der Waals surface area contributed by atoms with Gasteiger partial charge in [0.05, 0.1) is 32.0 Å². The third-order valence-corrected chi connectivity index (χ3v) is 5.88. The van der Waals surface area contributed by atoms with E-state index in [-0.39, 0.29) is 18.0 Å². The zero-order chi connectivity index (χ0) is 19.5. The lowest BCUT2D eigenvalue weighted by Crippen LogP contribution is -2.43. The van der Waals surface area contributed by atoms with Gasteiger partial charge in [0.25, 0.3) is 0 Å². The van der Waals surface area contributed by atoms with Gasteiger partial charge in [0.1, 0.15) is 5.82 Å². The Bertz CT molecular complexity index is 845. The first-order chi connectivity index (χ1) is 13.6. The molecule has 0 bridgehead atoms. The Morgan fingerprint density at radius 3 is 2.68 bits per heavy atom. The van der Waals surface area contributed by atoms with Gasteiger partial charge in [-0.25, -0.2) is 9.07 Å². The van der Waals surface area contributed by atoms with Crippen molar-refractivity contribution in [2.45, 2.75) is 51.6 Å². The smallest absolute Gasteiger partial charge is 0.199 e. The van der Waals surface area contributed by atoms with Crippen molar-refractivity contribution < 1.29 is 13.9 Å². The van der Waals surface area contributed by atoms with Crippen molar-refractivity contribution in [3.05, 3.63) is 34.9 Å². The normalized spacial score (nSPS) is 23.4. The van der Waals surface area contributed by atoms with E-state index in [1.807, 2.05) is 9.25 Å². The maximum atomic E-state index is 13.4. The first-order valence-electron chi connectivity index (χ1n) is 10.0. The topological polar surface area (TPSA) is 44.5 Å². The van der Waals surface area contributed by atoms with Crippen molar-refractivity contribution in [1.82, 2.24) is 19.2 Å². The van der Waals surface area contributed by atoms with E-state index in [2.05, 4.69) is 11.8 Å². The third kappa shape index (κ3) is 4.35. The Labute approximate surface area is 169 Å². The molecule has 0 N–H and O–H groups in total. The van der Waals surface area contributed by atoms with Crippen LogP contribution in [0.5, 0.6) is 0 Å². The number of rotatable bonds is 6. The number of hydrogen-bond donors (Lipinski definition) is 0. The van der Waals surface area contributed by atoms with Crippen LogP contribution in [0.25, 0.3) is 11.4 Å². The minimum absolute atomic E-state index is 0.149. The summed E-state index contributed by atoms with van der Waals surface area (Å²) in [5.41, 5.74) is 0.859. The largest absolute Gasteiger partial charge is 0.376 e. The van der Waals surface area contributed by atoms with Crippen molar-refractivity contribution in [3.63, 3.8) is 0 Å². The number of aromatic nitrogens is 3. The molecule has 28 heavy (non-hydrogen) atoms. The molecule has 0 spiro atoms. The van der Waals surface area contributed by atoms with E-state index in [9.17, 15) is 4.39 Å². The molecule has 0 saturated carbocycles. The average Bonchev–Trinajstić information content (AvgIpc) is 3.33. The second kappa shape index (κ2) is 8.82. The molecular weight excluding hydrogens is 379 g/mol. The first kappa shape index (κ1) is 19.7. The summed E-state index contributed by atoms with van der Waals surface area (Å²) in [5, 5.41) is 4.81. The lowest BCUT2D eigenvalue weighted by Gasteiger charge is -2.32. The molecule has 2 fully saturated rings. The summed E-state index contributed by atoms with van der Waals surface area (Å²) in [6, 6.07) is 6.43. The highest BCUT2D eigenvalue weighted by molar-refractivity contribution is 7.71. The quantitative estimate of drug-likeness (QED) is 0.688. The summed E-state index contributed by atoms with van der Waals surface area (Å²) in [7, 11) is 0. The predicted molar refractivity (Wildman–Crippen MR) is 107 cm³/mol. The van der Waals surface area contributed by atoms with Crippen LogP contribution in [0, 0.1) is 10.6 Å². The maximum Gasteiger partial charge on any atom is 0.199 e. The van der Waals surface area contributed by atoms with E-state index < -0.39 is 0 Å². The van der Waals surface area contributed by atoms with Crippen LogP contribution in [0.3, 0.4) is 0 Å². The van der Waals surface area contributed by atoms with E-state index in [1.54, 1.807) is 12.1 Å². The van der Waals surface area contributed by atoms with E-state index in [1.165, 1.54) is 12.1 Å². The SMILES string of the molecule is CC[C@@H]1CN(Cn2nc(-c3ccc(F)cc3)n(C[C@@H]3CCCO3)c2=S)CCO1. The van der Waals surface area contributed by atoms with E-state index in [0.717, 1.165) is 57.0 Å². The van der Waals surface area contributed by atoms with Gasteiger partial charge in [-0.15, -0.1) is 0 Å². The molecule has 2 aliphatic heterocycles. The molecule has 3 heterocycles. The number of ether oxygens (including phenoxy) is 2. The molecule has 1 aromatic carbocycles. The third-order valence-electron chi connectivity index (χ3n) is 5.45. The Morgan fingerprint density at radius 1 is 1.18 bits per heavy atom. The number of halogens is 1. The van der Waals surface area contributed by atoms with Gasteiger partial charge in [-0.2, -0.15) is 5.10 Å². The van der Waals surface area contributed by atoms with Gasteiger partial charge < -0.3 is 9.47 Å². The first-order valence-corrected chi connectivity index (χ1v) is 10.4. The zero-order valence-corrected chi connectivity index (χ0v) is 17.0. The Kier molecular flexibility index (Phi) is 6.20. The van der Waals surface area contributed by atoms with Crippen LogP contribution in [0.1, 0.15) is 26.2 Å². The van der Waals surface area contributed by atoms with Crippen LogP contribution in [0.2, 0.25) is 0 Å². The lowest BCUT2D eigenvalue weighted by molar-refractivity contribution is -0.0412. The molecular formula is C20H27FN4O2S. The number of hydrogen-bond acceptors (Lipinski definition) is 5. The molecule has 152 valence electrons. The summed E-state index contributed by atoms with van der Waals surface area (Å²) in [6.07, 6.45) is 3.50. The summed E-state index contributed by atoms with van der Waals surface area (Å²) in [6.45, 7) is 6.71. The van der Waals surface area contributed by atoms with Crippen molar-refractivity contribution in [2.24, 2.45) is 0 Å². The molecule has 0 amide bonds. The van der Waals surface area contributed by atoms with Gasteiger partial charge in [0.2, 0.25) is 0 Å². The maximum absolute atomic E-state index is 13.4. The van der Waals surface area contributed by atoms with E-state index in [0.29, 0.717) is 18.0 Å². The summed E-state index contributed by atoms with van der Waals surface area (Å²) < 4.78 is 29.6. The number of benzene rings is 1. The predicted octanol–water partition coefficient (Wildman–Crippen LogP) is 3.47. The van der Waals surface area contributed by atoms with Gasteiger partial charge >= 0.3 is 0 Å². The van der Waals surface area contributed by atoms with Crippen LogP contribution < -0.4 is 0 Å². The molecule has 2 saturated heterocycles. The second-order valence-corrected chi connectivity index (χ2v) is 7.84. The molecule has 0 unspecified atom stereocenters. The lowest BCUT2D eigenvalue weighted by atomic mass is 10.2. The molecule has 2 atom stereocenters. The number of morpholine rings is 1. The minimum Gasteiger partial charge on any atom is -0.376 e. The van der Waals surface area contributed by atoms with Gasteiger partial charge in [-0.3, -0.25) is 9.47 Å². The Hall–Kier alpha value is -1.61. The highest BCUT2D eigenvalue weighted by Gasteiger charge is 2.23. The monoisotopic (exact) mass is 406 g/mol.